The molecule has 0 aliphatic rings. The zero-order valence-corrected chi connectivity index (χ0v) is 12.5. The fourth-order valence-corrected chi connectivity index (χ4v) is 2.54. The predicted molar refractivity (Wildman–Crippen MR) is 78.6 cm³/mol. The molecule has 1 amide bonds. The molecule has 0 spiro atoms. The average molecular weight is 328 g/mol. The minimum atomic E-state index is -3.80. The Hall–Kier alpha value is -1.92. The molecule has 0 unspecified atom stereocenters. The van der Waals surface area contributed by atoms with Gasteiger partial charge in [-0.2, -0.15) is 0 Å². The maximum Gasteiger partial charge on any atom is 0.261 e. The van der Waals surface area contributed by atoms with Crippen LogP contribution in [0.2, 0.25) is 0 Å². The molecule has 21 heavy (non-hydrogen) atoms. The van der Waals surface area contributed by atoms with Gasteiger partial charge in [0.05, 0.1) is 4.90 Å². The van der Waals surface area contributed by atoms with E-state index in [1.54, 1.807) is 13.0 Å². The van der Waals surface area contributed by atoms with Crippen molar-refractivity contribution < 1.29 is 17.6 Å². The van der Waals surface area contributed by atoms with Crippen LogP contribution in [-0.4, -0.2) is 14.3 Å². The third-order valence-electron chi connectivity index (χ3n) is 2.70. The monoisotopic (exact) mass is 327 g/mol. The van der Waals surface area contributed by atoms with Crippen LogP contribution >= 0.6 is 10.7 Å². The Morgan fingerprint density at radius 3 is 2.29 bits per heavy atom. The number of amides is 1. The highest BCUT2D eigenvalue weighted by Gasteiger charge is 2.11. The highest BCUT2D eigenvalue weighted by molar-refractivity contribution is 8.13. The highest BCUT2D eigenvalue weighted by atomic mass is 35.7. The largest absolute Gasteiger partial charge is 0.322 e. The summed E-state index contributed by atoms with van der Waals surface area (Å²) in [7, 11) is 1.39. The first-order valence-corrected chi connectivity index (χ1v) is 8.20. The fourth-order valence-electron chi connectivity index (χ4n) is 1.77. The van der Waals surface area contributed by atoms with E-state index in [0.29, 0.717) is 11.3 Å². The SMILES string of the molecule is Cc1cc(F)cc(C(=O)Nc2ccc(S(=O)(=O)Cl)cc2)c1. The molecule has 2 rings (SSSR count). The summed E-state index contributed by atoms with van der Waals surface area (Å²) in [6.07, 6.45) is 0. The first-order chi connectivity index (χ1) is 9.75. The van der Waals surface area contributed by atoms with Gasteiger partial charge in [-0.3, -0.25) is 4.79 Å². The average Bonchev–Trinajstić information content (AvgIpc) is 2.37. The van der Waals surface area contributed by atoms with E-state index in [1.165, 1.54) is 30.3 Å². The third kappa shape index (κ3) is 4.03. The van der Waals surface area contributed by atoms with Crippen molar-refractivity contribution in [3.8, 4) is 0 Å². The number of aryl methyl sites for hydroxylation is 1. The van der Waals surface area contributed by atoms with Crippen molar-refractivity contribution in [2.24, 2.45) is 0 Å². The van der Waals surface area contributed by atoms with E-state index in [1.807, 2.05) is 0 Å². The Morgan fingerprint density at radius 1 is 1.14 bits per heavy atom. The van der Waals surface area contributed by atoms with Gasteiger partial charge < -0.3 is 5.32 Å². The van der Waals surface area contributed by atoms with E-state index in [4.69, 9.17) is 10.7 Å². The minimum Gasteiger partial charge on any atom is -0.322 e. The first kappa shape index (κ1) is 15.5. The van der Waals surface area contributed by atoms with Crippen molar-refractivity contribution in [1.82, 2.24) is 0 Å². The maximum atomic E-state index is 13.2. The normalized spacial score (nSPS) is 11.2. The summed E-state index contributed by atoms with van der Waals surface area (Å²) in [4.78, 5) is 11.9. The zero-order chi connectivity index (χ0) is 15.6. The second-order valence-corrected chi connectivity index (χ2v) is 7.00. The summed E-state index contributed by atoms with van der Waals surface area (Å²) in [5.41, 5.74) is 1.19. The second-order valence-electron chi connectivity index (χ2n) is 4.43. The number of halogens is 2. The van der Waals surface area contributed by atoms with Crippen molar-refractivity contribution in [2.75, 3.05) is 5.32 Å². The topological polar surface area (TPSA) is 63.2 Å². The number of hydrogen-bond acceptors (Lipinski definition) is 3. The lowest BCUT2D eigenvalue weighted by Crippen LogP contribution is -2.12. The van der Waals surface area contributed by atoms with Crippen LogP contribution in [0.3, 0.4) is 0 Å². The van der Waals surface area contributed by atoms with Gasteiger partial charge >= 0.3 is 0 Å². The van der Waals surface area contributed by atoms with E-state index in [9.17, 15) is 17.6 Å². The number of anilines is 1. The minimum absolute atomic E-state index is 0.0660. The van der Waals surface area contributed by atoms with Crippen LogP contribution in [-0.2, 0) is 9.05 Å². The molecule has 0 aromatic heterocycles. The molecular formula is C14H11ClFNO3S. The molecule has 0 bridgehead atoms. The summed E-state index contributed by atoms with van der Waals surface area (Å²) in [5, 5.41) is 2.55. The molecule has 110 valence electrons. The first-order valence-electron chi connectivity index (χ1n) is 5.89. The lowest BCUT2D eigenvalue weighted by Gasteiger charge is -2.07. The molecule has 0 saturated heterocycles. The molecular weight excluding hydrogens is 317 g/mol. The molecule has 0 atom stereocenters. The number of carbonyl (C=O) groups excluding carboxylic acids is 1. The van der Waals surface area contributed by atoms with E-state index >= 15 is 0 Å². The van der Waals surface area contributed by atoms with Crippen LogP contribution in [0.1, 0.15) is 15.9 Å². The maximum absolute atomic E-state index is 13.2. The summed E-state index contributed by atoms with van der Waals surface area (Å²) in [5.74, 6) is -0.984. The van der Waals surface area contributed by atoms with Crippen LogP contribution in [0.25, 0.3) is 0 Å². The van der Waals surface area contributed by atoms with E-state index < -0.39 is 20.8 Å². The molecule has 0 fully saturated rings. The Bertz CT molecular complexity index is 768. The van der Waals surface area contributed by atoms with Gasteiger partial charge in [-0.25, -0.2) is 12.8 Å². The van der Waals surface area contributed by atoms with Crippen molar-refractivity contribution in [1.29, 1.82) is 0 Å². The third-order valence-corrected chi connectivity index (χ3v) is 4.07. The number of nitrogens with one attached hydrogen (secondary N) is 1. The van der Waals surface area contributed by atoms with Gasteiger partial charge in [-0.15, -0.1) is 0 Å². The molecule has 0 saturated carbocycles. The van der Waals surface area contributed by atoms with E-state index in [0.717, 1.165) is 6.07 Å². The molecule has 0 aliphatic heterocycles. The smallest absolute Gasteiger partial charge is 0.261 e. The van der Waals surface area contributed by atoms with Crippen molar-refractivity contribution in [2.45, 2.75) is 11.8 Å². The second kappa shape index (κ2) is 5.83. The van der Waals surface area contributed by atoms with Gasteiger partial charge in [0.25, 0.3) is 15.0 Å². The number of hydrogen-bond donors (Lipinski definition) is 1. The van der Waals surface area contributed by atoms with Gasteiger partial charge in [0.2, 0.25) is 0 Å². The van der Waals surface area contributed by atoms with Crippen LogP contribution in [0.15, 0.2) is 47.4 Å². The predicted octanol–water partition coefficient (Wildman–Crippen LogP) is 3.31. The molecule has 2 aromatic rings. The van der Waals surface area contributed by atoms with Crippen LogP contribution in [0.4, 0.5) is 10.1 Å². The number of benzene rings is 2. The van der Waals surface area contributed by atoms with Gasteiger partial charge in [-0.05, 0) is 55.0 Å². The summed E-state index contributed by atoms with van der Waals surface area (Å²) in [6.45, 7) is 1.68. The Balaban J connectivity index is 2.20. The number of carbonyl (C=O) groups is 1. The molecule has 2 aromatic carbocycles. The van der Waals surface area contributed by atoms with Gasteiger partial charge in [0.1, 0.15) is 5.82 Å². The van der Waals surface area contributed by atoms with Crippen molar-refractivity contribution in [3.05, 3.63) is 59.4 Å². The van der Waals surface area contributed by atoms with Gasteiger partial charge in [0.15, 0.2) is 0 Å². The van der Waals surface area contributed by atoms with E-state index in [2.05, 4.69) is 5.32 Å². The Kier molecular flexibility index (Phi) is 4.29. The molecule has 0 aliphatic carbocycles. The quantitative estimate of drug-likeness (QED) is 0.880. The van der Waals surface area contributed by atoms with Gasteiger partial charge in [0, 0.05) is 21.9 Å². The molecule has 1 N–H and O–H groups in total. The van der Waals surface area contributed by atoms with Crippen molar-refractivity contribution >= 4 is 31.3 Å². The van der Waals surface area contributed by atoms with Gasteiger partial charge in [-0.1, -0.05) is 0 Å². The van der Waals surface area contributed by atoms with Crippen LogP contribution in [0.5, 0.6) is 0 Å². The lowest BCUT2D eigenvalue weighted by atomic mass is 10.1. The Morgan fingerprint density at radius 2 is 1.76 bits per heavy atom. The van der Waals surface area contributed by atoms with Crippen molar-refractivity contribution in [3.63, 3.8) is 0 Å². The summed E-state index contributed by atoms with van der Waals surface area (Å²) >= 11 is 0. The molecule has 7 heteroatoms. The molecule has 4 nitrogen and oxygen atoms in total. The summed E-state index contributed by atoms with van der Waals surface area (Å²) < 4.78 is 35.4. The number of rotatable bonds is 3. The van der Waals surface area contributed by atoms with Crippen LogP contribution < -0.4 is 5.32 Å². The lowest BCUT2D eigenvalue weighted by molar-refractivity contribution is 0.102. The fraction of sp³-hybridized carbons (Fsp3) is 0.0714. The standard InChI is InChI=1S/C14H11ClFNO3S/c1-9-6-10(8-11(16)7-9)14(18)17-12-2-4-13(5-3-12)21(15,19)20/h2-8H,1H3,(H,17,18). The summed E-state index contributed by atoms with van der Waals surface area (Å²) in [6, 6.07) is 9.34. The van der Waals surface area contributed by atoms with E-state index in [-0.39, 0.29) is 10.5 Å². The highest BCUT2D eigenvalue weighted by Crippen LogP contribution is 2.18. The Labute approximate surface area is 126 Å². The molecule has 0 heterocycles. The molecule has 0 radical (unpaired) electrons. The zero-order valence-electron chi connectivity index (χ0n) is 10.9. The van der Waals surface area contributed by atoms with Crippen LogP contribution in [0, 0.1) is 12.7 Å².